The van der Waals surface area contributed by atoms with Crippen LogP contribution in [0.1, 0.15) is 21.5 Å². The molecular weight excluding hydrogens is 326 g/mol. The van der Waals surface area contributed by atoms with Crippen molar-refractivity contribution in [3.05, 3.63) is 58.1 Å². The van der Waals surface area contributed by atoms with Crippen molar-refractivity contribution in [2.45, 2.75) is 18.7 Å². The normalized spacial score (nSPS) is 11.2. The van der Waals surface area contributed by atoms with Crippen molar-refractivity contribution in [3.8, 4) is 0 Å². The van der Waals surface area contributed by atoms with E-state index in [1.807, 2.05) is 0 Å². The number of sulfonamides is 1. The average Bonchev–Trinajstić information content (AvgIpc) is 2.43. The van der Waals surface area contributed by atoms with Gasteiger partial charge in [0.2, 0.25) is 0 Å². The Morgan fingerprint density at radius 2 is 1.82 bits per heavy atom. The highest BCUT2D eigenvalue weighted by molar-refractivity contribution is 7.92. The highest BCUT2D eigenvalue weighted by Crippen LogP contribution is 2.27. The number of carboxylic acid groups (broad SMARTS) is 1. The van der Waals surface area contributed by atoms with Gasteiger partial charge in [-0.25, -0.2) is 13.2 Å². The number of hydrogen-bond donors (Lipinski definition) is 2. The van der Waals surface area contributed by atoms with Gasteiger partial charge in [0.15, 0.2) is 0 Å². The van der Waals surface area contributed by atoms with Gasteiger partial charge in [0.25, 0.3) is 10.0 Å². The summed E-state index contributed by atoms with van der Waals surface area (Å²) in [5, 5.41) is 9.35. The molecule has 2 N–H and O–H groups in total. The van der Waals surface area contributed by atoms with Gasteiger partial charge in [-0.3, -0.25) is 4.72 Å². The van der Waals surface area contributed by atoms with Crippen LogP contribution in [0.2, 0.25) is 5.02 Å². The molecule has 0 amide bonds. The Morgan fingerprint density at radius 3 is 2.41 bits per heavy atom. The number of carbonyl (C=O) groups is 1. The maximum Gasteiger partial charge on any atom is 0.335 e. The third kappa shape index (κ3) is 3.23. The van der Waals surface area contributed by atoms with E-state index in [-0.39, 0.29) is 21.2 Å². The van der Waals surface area contributed by atoms with Gasteiger partial charge in [-0.05, 0) is 49.2 Å². The lowest BCUT2D eigenvalue weighted by Crippen LogP contribution is -2.16. The van der Waals surface area contributed by atoms with Crippen LogP contribution in [0, 0.1) is 13.8 Å². The summed E-state index contributed by atoms with van der Waals surface area (Å²) in [5.41, 5.74) is 1.23. The van der Waals surface area contributed by atoms with E-state index < -0.39 is 16.0 Å². The van der Waals surface area contributed by atoms with Gasteiger partial charge < -0.3 is 5.11 Å². The van der Waals surface area contributed by atoms with E-state index in [4.69, 9.17) is 16.7 Å². The molecular formula is C15H14ClNO4S. The maximum absolute atomic E-state index is 12.5. The molecule has 2 rings (SSSR count). The number of carboxylic acids is 1. The third-order valence-corrected chi connectivity index (χ3v) is 5.10. The van der Waals surface area contributed by atoms with Crippen LogP contribution in [0.5, 0.6) is 0 Å². The van der Waals surface area contributed by atoms with Gasteiger partial charge in [0.1, 0.15) is 0 Å². The molecule has 0 bridgehead atoms. The summed E-state index contributed by atoms with van der Waals surface area (Å²) >= 11 is 5.95. The Hall–Kier alpha value is -2.05. The van der Waals surface area contributed by atoms with Gasteiger partial charge in [0.05, 0.1) is 21.2 Å². The maximum atomic E-state index is 12.5. The van der Waals surface area contributed by atoms with Crippen molar-refractivity contribution >= 4 is 33.3 Å². The molecule has 0 spiro atoms. The van der Waals surface area contributed by atoms with E-state index in [0.29, 0.717) is 11.1 Å². The van der Waals surface area contributed by atoms with Crippen LogP contribution >= 0.6 is 11.6 Å². The van der Waals surface area contributed by atoms with Crippen molar-refractivity contribution in [2.75, 3.05) is 4.72 Å². The fourth-order valence-corrected chi connectivity index (χ4v) is 3.64. The van der Waals surface area contributed by atoms with E-state index >= 15 is 0 Å². The van der Waals surface area contributed by atoms with Gasteiger partial charge in [0, 0.05) is 0 Å². The summed E-state index contributed by atoms with van der Waals surface area (Å²) in [6, 6.07) is 9.00. The smallest absolute Gasteiger partial charge is 0.335 e. The van der Waals surface area contributed by atoms with Gasteiger partial charge in [-0.15, -0.1) is 0 Å². The minimum Gasteiger partial charge on any atom is -0.478 e. The summed E-state index contributed by atoms with van der Waals surface area (Å²) in [4.78, 5) is 11.0. The monoisotopic (exact) mass is 339 g/mol. The number of rotatable bonds is 4. The van der Waals surface area contributed by atoms with Crippen LogP contribution < -0.4 is 4.72 Å². The number of anilines is 1. The van der Waals surface area contributed by atoms with E-state index in [9.17, 15) is 13.2 Å². The lowest BCUT2D eigenvalue weighted by molar-refractivity contribution is 0.0696. The van der Waals surface area contributed by atoms with E-state index in [0.717, 1.165) is 6.07 Å². The van der Waals surface area contributed by atoms with Crippen molar-refractivity contribution in [1.29, 1.82) is 0 Å². The molecule has 2 aromatic rings. The number of aryl methyl sites for hydroxylation is 1. The molecule has 0 saturated carbocycles. The van der Waals surface area contributed by atoms with E-state index in [2.05, 4.69) is 4.72 Å². The van der Waals surface area contributed by atoms with Gasteiger partial charge >= 0.3 is 5.97 Å². The van der Waals surface area contributed by atoms with E-state index in [1.165, 1.54) is 12.1 Å². The number of aromatic carboxylic acids is 1. The van der Waals surface area contributed by atoms with Gasteiger partial charge in [-0.1, -0.05) is 23.7 Å². The fraction of sp³-hybridized carbons (Fsp3) is 0.133. The molecule has 5 nitrogen and oxygen atoms in total. The Kier molecular flexibility index (Phi) is 4.44. The molecule has 22 heavy (non-hydrogen) atoms. The first-order chi connectivity index (χ1) is 10.2. The standard InChI is InChI=1S/C15H14ClNO4S/c1-9-7-11(15(18)19)8-14(10(9)2)22(20,21)17-13-6-4-3-5-12(13)16/h3-8,17H,1-2H3,(H,18,19). The molecule has 7 heteroatoms. The van der Waals surface area contributed by atoms with Crippen LogP contribution in [0.4, 0.5) is 5.69 Å². The average molecular weight is 340 g/mol. The van der Waals surface area contributed by atoms with Gasteiger partial charge in [-0.2, -0.15) is 0 Å². The summed E-state index contributed by atoms with van der Waals surface area (Å²) < 4.78 is 27.5. The minimum absolute atomic E-state index is 0.0789. The van der Waals surface area contributed by atoms with Crippen LogP contribution in [-0.2, 0) is 10.0 Å². The van der Waals surface area contributed by atoms with Crippen LogP contribution in [-0.4, -0.2) is 19.5 Å². The van der Waals surface area contributed by atoms with Crippen LogP contribution in [0.15, 0.2) is 41.3 Å². The summed E-state index contributed by atoms with van der Waals surface area (Å²) in [6.07, 6.45) is 0. The molecule has 0 aromatic heterocycles. The molecule has 0 saturated heterocycles. The summed E-state index contributed by atoms with van der Waals surface area (Å²) in [7, 11) is -3.94. The molecule has 0 aliphatic rings. The van der Waals surface area contributed by atoms with E-state index in [1.54, 1.807) is 32.0 Å². The Labute approximate surface area is 133 Å². The molecule has 0 unspecified atom stereocenters. The second kappa shape index (κ2) is 5.98. The zero-order valence-corrected chi connectivity index (χ0v) is 13.5. The lowest BCUT2D eigenvalue weighted by Gasteiger charge is -2.14. The first-order valence-electron chi connectivity index (χ1n) is 6.34. The molecule has 0 radical (unpaired) electrons. The SMILES string of the molecule is Cc1cc(C(=O)O)cc(S(=O)(=O)Nc2ccccc2Cl)c1C. The number of halogens is 1. The molecule has 0 aliphatic heterocycles. The Bertz CT molecular complexity index is 847. The molecule has 0 heterocycles. The molecule has 0 atom stereocenters. The van der Waals surface area contributed by atoms with Crippen LogP contribution in [0.25, 0.3) is 0 Å². The molecule has 116 valence electrons. The topological polar surface area (TPSA) is 83.5 Å². The van der Waals surface area contributed by atoms with Crippen molar-refractivity contribution in [1.82, 2.24) is 0 Å². The highest BCUT2D eigenvalue weighted by Gasteiger charge is 2.21. The van der Waals surface area contributed by atoms with Crippen LogP contribution in [0.3, 0.4) is 0 Å². The third-order valence-electron chi connectivity index (χ3n) is 3.27. The number of benzene rings is 2. The molecule has 2 aromatic carbocycles. The number of para-hydroxylation sites is 1. The fourth-order valence-electron chi connectivity index (χ4n) is 1.97. The largest absolute Gasteiger partial charge is 0.478 e. The lowest BCUT2D eigenvalue weighted by atomic mass is 10.1. The molecule has 0 aliphatic carbocycles. The highest BCUT2D eigenvalue weighted by atomic mass is 35.5. The Balaban J connectivity index is 2.54. The predicted octanol–water partition coefficient (Wildman–Crippen LogP) is 3.46. The first kappa shape index (κ1) is 16.3. The minimum atomic E-state index is -3.94. The Morgan fingerprint density at radius 1 is 1.18 bits per heavy atom. The predicted molar refractivity (Wildman–Crippen MR) is 85.1 cm³/mol. The summed E-state index contributed by atoms with van der Waals surface area (Å²) in [6.45, 7) is 3.29. The zero-order valence-electron chi connectivity index (χ0n) is 11.9. The van der Waals surface area contributed by atoms with Crippen molar-refractivity contribution in [2.24, 2.45) is 0 Å². The number of nitrogens with one attached hydrogen (secondary N) is 1. The zero-order chi connectivity index (χ0) is 16.5. The van der Waals surface area contributed by atoms with Crippen molar-refractivity contribution < 1.29 is 18.3 Å². The molecule has 0 fully saturated rings. The quantitative estimate of drug-likeness (QED) is 0.893. The summed E-state index contributed by atoms with van der Waals surface area (Å²) in [5.74, 6) is -1.18. The second-order valence-electron chi connectivity index (χ2n) is 4.81. The second-order valence-corrected chi connectivity index (χ2v) is 6.86. The number of hydrogen-bond acceptors (Lipinski definition) is 3. The first-order valence-corrected chi connectivity index (χ1v) is 8.20. The van der Waals surface area contributed by atoms with Crippen molar-refractivity contribution in [3.63, 3.8) is 0 Å².